The van der Waals surface area contributed by atoms with Crippen LogP contribution in [0.15, 0.2) is 30.3 Å². The fourth-order valence-electron chi connectivity index (χ4n) is 2.77. The molecule has 0 aliphatic rings. The van der Waals surface area contributed by atoms with Crippen LogP contribution in [-0.2, 0) is 25.7 Å². The largest absolute Gasteiger partial charge is 0.459 e. The van der Waals surface area contributed by atoms with Crippen molar-refractivity contribution in [2.24, 2.45) is 10.8 Å². The quantitative estimate of drug-likeness (QED) is 0.655. The van der Waals surface area contributed by atoms with Gasteiger partial charge in [-0.05, 0) is 37.2 Å². The molecule has 31 heavy (non-hydrogen) atoms. The van der Waals surface area contributed by atoms with Gasteiger partial charge in [-0.15, -0.1) is 0 Å². The van der Waals surface area contributed by atoms with E-state index >= 15 is 0 Å². The van der Waals surface area contributed by atoms with Gasteiger partial charge in [0.05, 0.1) is 0 Å². The molecule has 1 aromatic rings. The van der Waals surface area contributed by atoms with Gasteiger partial charge in [-0.3, -0.25) is 4.79 Å². The van der Waals surface area contributed by atoms with Crippen LogP contribution in [0.25, 0.3) is 0 Å². The van der Waals surface area contributed by atoms with Crippen molar-refractivity contribution in [3.8, 4) is 0 Å². The van der Waals surface area contributed by atoms with Crippen molar-refractivity contribution < 1.29 is 23.9 Å². The number of esters is 1. The molecule has 1 rings (SSSR count). The Balaban J connectivity index is 2.95. The van der Waals surface area contributed by atoms with Crippen molar-refractivity contribution in [3.05, 3.63) is 35.9 Å². The summed E-state index contributed by atoms with van der Waals surface area (Å²) in [6, 6.07) is 7.53. The lowest BCUT2D eigenvalue weighted by Crippen LogP contribution is -2.59. The smallest absolute Gasteiger partial charge is 0.408 e. The highest BCUT2D eigenvalue weighted by Crippen LogP contribution is 2.24. The first-order chi connectivity index (χ1) is 14.0. The topological polar surface area (TPSA) is 93.7 Å². The molecule has 1 aromatic carbocycles. The van der Waals surface area contributed by atoms with Crippen LogP contribution in [-0.4, -0.2) is 35.7 Å². The lowest BCUT2D eigenvalue weighted by molar-refractivity contribution is -0.152. The first-order valence-corrected chi connectivity index (χ1v) is 10.5. The van der Waals surface area contributed by atoms with E-state index in [1.165, 1.54) is 0 Å². The molecule has 7 nitrogen and oxygen atoms in total. The number of alkyl carbamates (subject to hydrolysis) is 1. The normalized spacial score (nSPS) is 14.2. The maximum absolute atomic E-state index is 13.1. The molecule has 0 radical (unpaired) electrons. The third-order valence-electron chi connectivity index (χ3n) is 4.40. The molecule has 0 fully saturated rings. The molecule has 0 spiro atoms. The summed E-state index contributed by atoms with van der Waals surface area (Å²) in [4.78, 5) is 38.3. The molecule has 174 valence electrons. The Kier molecular flexibility index (Phi) is 8.67. The minimum atomic E-state index is -0.908. The zero-order chi connectivity index (χ0) is 24.0. The van der Waals surface area contributed by atoms with Gasteiger partial charge in [0.1, 0.15) is 24.3 Å². The van der Waals surface area contributed by atoms with Crippen molar-refractivity contribution >= 4 is 18.0 Å². The Morgan fingerprint density at radius 1 is 0.806 bits per heavy atom. The zero-order valence-electron chi connectivity index (χ0n) is 20.3. The van der Waals surface area contributed by atoms with Gasteiger partial charge in [-0.2, -0.15) is 0 Å². The molecule has 2 amide bonds. The van der Waals surface area contributed by atoms with Crippen molar-refractivity contribution in [2.75, 3.05) is 0 Å². The van der Waals surface area contributed by atoms with E-state index in [4.69, 9.17) is 9.47 Å². The molecular formula is C24H38N2O5. The number of carbonyl (C=O) groups is 3. The van der Waals surface area contributed by atoms with Crippen LogP contribution >= 0.6 is 0 Å². The van der Waals surface area contributed by atoms with Crippen LogP contribution in [0, 0.1) is 10.8 Å². The summed E-state index contributed by atoms with van der Waals surface area (Å²) in [5.74, 6) is -1.01. The fraction of sp³-hybridized carbons (Fsp3) is 0.625. The number of benzene rings is 1. The average Bonchev–Trinajstić information content (AvgIpc) is 2.59. The maximum Gasteiger partial charge on any atom is 0.408 e. The molecule has 0 unspecified atom stereocenters. The minimum Gasteiger partial charge on any atom is -0.459 e. The molecule has 0 aliphatic heterocycles. The van der Waals surface area contributed by atoms with Gasteiger partial charge in [-0.25, -0.2) is 9.59 Å². The van der Waals surface area contributed by atoms with Gasteiger partial charge in [-0.1, -0.05) is 71.9 Å². The molecule has 0 saturated carbocycles. The van der Waals surface area contributed by atoms with E-state index in [0.717, 1.165) is 5.56 Å². The number of nitrogens with one attached hydrogen (secondary N) is 2. The van der Waals surface area contributed by atoms with Gasteiger partial charge in [0.15, 0.2) is 0 Å². The minimum absolute atomic E-state index is 0.112. The van der Waals surface area contributed by atoms with E-state index in [2.05, 4.69) is 10.6 Å². The van der Waals surface area contributed by atoms with Gasteiger partial charge < -0.3 is 20.1 Å². The highest BCUT2D eigenvalue weighted by molar-refractivity contribution is 5.90. The fourth-order valence-corrected chi connectivity index (χ4v) is 2.77. The highest BCUT2D eigenvalue weighted by atomic mass is 16.6. The van der Waals surface area contributed by atoms with Gasteiger partial charge >= 0.3 is 12.1 Å². The number of rotatable bonds is 6. The molecule has 0 aliphatic carbocycles. The third-order valence-corrected chi connectivity index (χ3v) is 4.40. The van der Waals surface area contributed by atoms with E-state index in [1.807, 2.05) is 71.9 Å². The Morgan fingerprint density at radius 2 is 1.32 bits per heavy atom. The van der Waals surface area contributed by atoms with E-state index < -0.39 is 46.5 Å². The number of amides is 2. The van der Waals surface area contributed by atoms with Gasteiger partial charge in [0, 0.05) is 0 Å². The number of ether oxygens (including phenoxy) is 2. The van der Waals surface area contributed by atoms with E-state index in [-0.39, 0.29) is 6.61 Å². The van der Waals surface area contributed by atoms with Crippen LogP contribution in [0.1, 0.15) is 67.9 Å². The standard InChI is InChI=1S/C24H38N2O5/c1-22(2,3)17(26-21(29)31-24(7,8)9)19(27)25-18(23(4,5)6)20(28)30-15-16-13-11-10-12-14-16/h10-14,17-18H,15H2,1-9H3,(H,25,27)(H,26,29)/t17-,18-/m1/s1. The molecule has 2 atom stereocenters. The zero-order valence-corrected chi connectivity index (χ0v) is 20.3. The molecule has 2 N–H and O–H groups in total. The molecule has 0 bridgehead atoms. The van der Waals surface area contributed by atoms with Crippen molar-refractivity contribution in [1.82, 2.24) is 10.6 Å². The van der Waals surface area contributed by atoms with Gasteiger partial charge in [0.25, 0.3) is 0 Å². The SMILES string of the molecule is CC(C)(C)OC(=O)N[C@H](C(=O)N[C@H](C(=O)OCc1ccccc1)C(C)(C)C)C(C)(C)C. The van der Waals surface area contributed by atoms with E-state index in [0.29, 0.717) is 0 Å². The second-order valence-electron chi connectivity index (χ2n) is 10.8. The van der Waals surface area contributed by atoms with Gasteiger partial charge in [0.2, 0.25) is 5.91 Å². The second kappa shape index (κ2) is 10.2. The highest BCUT2D eigenvalue weighted by Gasteiger charge is 2.40. The van der Waals surface area contributed by atoms with Crippen LogP contribution in [0.3, 0.4) is 0 Å². The third kappa shape index (κ3) is 9.40. The Labute approximate surface area is 186 Å². The summed E-state index contributed by atoms with van der Waals surface area (Å²) < 4.78 is 10.8. The van der Waals surface area contributed by atoms with Crippen LogP contribution in [0.4, 0.5) is 4.79 Å². The van der Waals surface area contributed by atoms with E-state index in [1.54, 1.807) is 20.8 Å². The second-order valence-corrected chi connectivity index (χ2v) is 10.8. The average molecular weight is 435 g/mol. The summed E-state index contributed by atoms with van der Waals surface area (Å²) in [5.41, 5.74) is -1.05. The first kappa shape index (κ1) is 26.5. The molecular weight excluding hydrogens is 396 g/mol. The molecule has 0 heterocycles. The first-order valence-electron chi connectivity index (χ1n) is 10.5. The summed E-state index contributed by atoms with van der Waals surface area (Å²) in [6.45, 7) is 16.4. The summed E-state index contributed by atoms with van der Waals surface area (Å²) >= 11 is 0. The van der Waals surface area contributed by atoms with Crippen molar-refractivity contribution in [2.45, 2.75) is 86.6 Å². The van der Waals surface area contributed by atoms with Crippen molar-refractivity contribution in [3.63, 3.8) is 0 Å². The number of hydrogen-bond donors (Lipinski definition) is 2. The van der Waals surface area contributed by atoms with E-state index in [9.17, 15) is 14.4 Å². The van der Waals surface area contributed by atoms with Crippen molar-refractivity contribution in [1.29, 1.82) is 0 Å². The summed E-state index contributed by atoms with van der Waals surface area (Å²) in [7, 11) is 0. The lowest BCUT2D eigenvalue weighted by Gasteiger charge is -2.35. The van der Waals surface area contributed by atoms with Crippen LogP contribution in [0.2, 0.25) is 0 Å². The number of carbonyl (C=O) groups excluding carboxylic acids is 3. The summed E-state index contributed by atoms with van der Waals surface area (Å²) in [6.07, 6.45) is -0.693. The molecule has 0 aromatic heterocycles. The summed E-state index contributed by atoms with van der Waals surface area (Å²) in [5, 5.41) is 5.43. The Hall–Kier alpha value is -2.57. The maximum atomic E-state index is 13.1. The number of hydrogen-bond acceptors (Lipinski definition) is 5. The monoisotopic (exact) mass is 434 g/mol. The van der Waals surface area contributed by atoms with Crippen LogP contribution in [0.5, 0.6) is 0 Å². The predicted octanol–water partition coefficient (Wildman–Crippen LogP) is 4.20. The van der Waals surface area contributed by atoms with Crippen LogP contribution < -0.4 is 10.6 Å². The Bertz CT molecular complexity index is 755. The molecule has 0 saturated heterocycles. The lowest BCUT2D eigenvalue weighted by atomic mass is 9.83. The Morgan fingerprint density at radius 3 is 1.77 bits per heavy atom. The molecule has 7 heteroatoms. The predicted molar refractivity (Wildman–Crippen MR) is 120 cm³/mol.